The zero-order valence-electron chi connectivity index (χ0n) is 17.3. The Morgan fingerprint density at radius 2 is 1.88 bits per heavy atom. The number of hydrogen-bond donors (Lipinski definition) is 3. The number of aromatic nitrogens is 2. The van der Waals surface area contributed by atoms with Crippen molar-refractivity contribution in [3.63, 3.8) is 0 Å². The summed E-state index contributed by atoms with van der Waals surface area (Å²) in [5.74, 6) is -0.222. The van der Waals surface area contributed by atoms with Crippen molar-refractivity contribution in [2.24, 2.45) is 0 Å². The first-order valence-electron chi connectivity index (χ1n) is 9.68. The molecule has 180 valence electrons. The number of nitrogens with one attached hydrogen (secondary N) is 2. The first-order valence-corrected chi connectivity index (χ1v) is 11.5. The van der Waals surface area contributed by atoms with E-state index in [0.717, 1.165) is 18.2 Å². The zero-order chi connectivity index (χ0) is 24.9. The molecule has 13 heteroatoms. The lowest BCUT2D eigenvalue weighted by Gasteiger charge is -2.12. The highest BCUT2D eigenvalue weighted by Gasteiger charge is 2.31. The van der Waals surface area contributed by atoms with Gasteiger partial charge in [-0.3, -0.25) is 9.78 Å². The molecule has 0 spiro atoms. The van der Waals surface area contributed by atoms with Crippen LogP contribution < -0.4 is 10.0 Å². The molecule has 0 aliphatic carbocycles. The number of hydrogen-bond acceptors (Lipinski definition) is 7. The van der Waals surface area contributed by atoms with Crippen LogP contribution in [0.2, 0.25) is 5.02 Å². The molecule has 0 unspecified atom stereocenters. The van der Waals surface area contributed by atoms with Crippen LogP contribution in [-0.4, -0.2) is 42.4 Å². The van der Waals surface area contributed by atoms with E-state index in [0.29, 0.717) is 11.9 Å². The van der Waals surface area contributed by atoms with Gasteiger partial charge < -0.3 is 10.4 Å². The van der Waals surface area contributed by atoms with Crippen LogP contribution in [-0.2, 0) is 22.7 Å². The lowest BCUT2D eigenvalue weighted by molar-refractivity contribution is -0.137. The molecular formula is C21H18ClF3N4O4S. The summed E-state index contributed by atoms with van der Waals surface area (Å²) in [7, 11) is -4.35. The largest absolute Gasteiger partial charge is 0.416 e. The molecule has 0 aliphatic heterocycles. The number of aliphatic hydroxyl groups excluding tert-OH is 1. The number of ketones is 1. The third kappa shape index (κ3) is 6.29. The van der Waals surface area contributed by atoms with Crippen LogP contribution in [0.15, 0.2) is 59.8 Å². The molecule has 2 heterocycles. The Hall–Kier alpha value is -3.06. The van der Waals surface area contributed by atoms with Crippen molar-refractivity contribution in [3.05, 3.63) is 82.3 Å². The van der Waals surface area contributed by atoms with Gasteiger partial charge in [-0.2, -0.15) is 13.2 Å². The number of rotatable bonds is 9. The molecule has 3 rings (SSSR count). The van der Waals surface area contributed by atoms with Crippen LogP contribution >= 0.6 is 11.6 Å². The van der Waals surface area contributed by atoms with Gasteiger partial charge in [0.2, 0.25) is 15.8 Å². The Morgan fingerprint density at radius 1 is 1.12 bits per heavy atom. The first-order chi connectivity index (χ1) is 16.0. The fraction of sp³-hybridized carbons (Fsp3) is 0.190. The predicted molar refractivity (Wildman–Crippen MR) is 118 cm³/mol. The highest BCUT2D eigenvalue weighted by Crippen LogP contribution is 2.30. The molecule has 34 heavy (non-hydrogen) atoms. The third-order valence-corrected chi connectivity index (χ3v) is 6.12. The van der Waals surface area contributed by atoms with Crippen LogP contribution in [0, 0.1) is 0 Å². The van der Waals surface area contributed by atoms with E-state index in [1.54, 1.807) is 0 Å². The number of pyridine rings is 2. The third-order valence-electron chi connectivity index (χ3n) is 4.51. The average molecular weight is 515 g/mol. The molecule has 0 aliphatic rings. The maximum atomic E-state index is 13.0. The van der Waals surface area contributed by atoms with Gasteiger partial charge in [0.15, 0.2) is 0 Å². The van der Waals surface area contributed by atoms with Crippen LogP contribution in [0.25, 0.3) is 0 Å². The van der Waals surface area contributed by atoms with Crippen molar-refractivity contribution >= 4 is 33.2 Å². The summed E-state index contributed by atoms with van der Waals surface area (Å²) in [6, 6.07) is 7.49. The predicted octanol–water partition coefficient (Wildman–Crippen LogP) is 3.26. The van der Waals surface area contributed by atoms with E-state index < -0.39 is 39.0 Å². The lowest BCUT2D eigenvalue weighted by atomic mass is 10.0. The first kappa shape index (κ1) is 25.6. The van der Waals surface area contributed by atoms with Crippen LogP contribution in [0.5, 0.6) is 0 Å². The molecule has 8 nitrogen and oxygen atoms in total. The number of halogens is 4. The molecule has 1 aromatic carbocycles. The van der Waals surface area contributed by atoms with Crippen molar-refractivity contribution in [2.45, 2.75) is 17.6 Å². The van der Waals surface area contributed by atoms with E-state index in [9.17, 15) is 26.4 Å². The van der Waals surface area contributed by atoms with E-state index >= 15 is 0 Å². The van der Waals surface area contributed by atoms with Gasteiger partial charge in [0.05, 0.1) is 22.1 Å². The highest BCUT2D eigenvalue weighted by atomic mass is 35.5. The minimum absolute atomic E-state index is 0.101. The number of sulfonamides is 1. The second-order valence-electron chi connectivity index (χ2n) is 6.92. The topological polar surface area (TPSA) is 121 Å². The van der Waals surface area contributed by atoms with Crippen molar-refractivity contribution in [3.8, 4) is 0 Å². The number of anilines is 1. The average Bonchev–Trinajstić information content (AvgIpc) is 2.81. The van der Waals surface area contributed by atoms with Crippen molar-refractivity contribution < 1.29 is 31.5 Å². The van der Waals surface area contributed by atoms with E-state index in [-0.39, 0.29) is 35.0 Å². The number of alkyl halides is 3. The van der Waals surface area contributed by atoms with Gasteiger partial charge >= 0.3 is 6.18 Å². The van der Waals surface area contributed by atoms with Crippen molar-refractivity contribution in [1.29, 1.82) is 0 Å². The SMILES string of the molecule is O=C(c1ccnc(NCCO)c1)c1ncc(Cl)cc1CNS(=O)(=O)c1cccc(C(F)(F)F)c1. The van der Waals surface area contributed by atoms with Crippen molar-refractivity contribution in [2.75, 3.05) is 18.5 Å². The minimum atomic E-state index is -4.71. The number of carbonyl (C=O) groups is 1. The lowest BCUT2D eigenvalue weighted by Crippen LogP contribution is -2.25. The summed E-state index contributed by atoms with van der Waals surface area (Å²) in [6.07, 6.45) is -2.12. The standard InChI is InChI=1S/C21H18ClF3N4O4S/c22-16-8-14(11-29-34(32,33)17-3-1-2-15(10-17)21(23,24)25)19(28-12-16)20(31)13-4-5-26-18(9-13)27-6-7-30/h1-5,8-10,12,29-30H,6-7,11H2,(H,26,27). The van der Waals surface area contributed by atoms with E-state index in [1.807, 2.05) is 0 Å². The fourth-order valence-electron chi connectivity index (χ4n) is 2.91. The molecule has 3 aromatic rings. The monoisotopic (exact) mass is 514 g/mol. The Balaban J connectivity index is 1.87. The second-order valence-corrected chi connectivity index (χ2v) is 9.12. The molecule has 0 amide bonds. The maximum Gasteiger partial charge on any atom is 0.416 e. The fourth-order valence-corrected chi connectivity index (χ4v) is 4.14. The molecule has 0 radical (unpaired) electrons. The van der Waals surface area contributed by atoms with Gasteiger partial charge in [-0.25, -0.2) is 18.1 Å². The van der Waals surface area contributed by atoms with Gasteiger partial charge in [0.25, 0.3) is 0 Å². The Labute approximate surface area is 197 Å². The number of benzene rings is 1. The maximum absolute atomic E-state index is 13.0. The molecule has 0 saturated carbocycles. The Morgan fingerprint density at radius 3 is 2.59 bits per heavy atom. The van der Waals surface area contributed by atoms with Gasteiger partial charge in [0, 0.05) is 31.0 Å². The molecule has 0 bridgehead atoms. The quantitative estimate of drug-likeness (QED) is 0.375. The smallest absolute Gasteiger partial charge is 0.395 e. The number of nitrogens with zero attached hydrogens (tertiary/aromatic N) is 2. The van der Waals surface area contributed by atoms with Gasteiger partial charge in [0.1, 0.15) is 11.5 Å². The Bertz CT molecular complexity index is 1300. The minimum Gasteiger partial charge on any atom is -0.395 e. The molecular weight excluding hydrogens is 497 g/mol. The summed E-state index contributed by atoms with van der Waals surface area (Å²) in [6.45, 7) is -0.380. The molecule has 3 N–H and O–H groups in total. The van der Waals surface area contributed by atoms with Crippen LogP contribution in [0.1, 0.15) is 27.2 Å². The number of carbonyl (C=O) groups excluding carboxylic acids is 1. The second kappa shape index (κ2) is 10.5. The van der Waals surface area contributed by atoms with Crippen LogP contribution in [0.3, 0.4) is 0 Å². The van der Waals surface area contributed by atoms with E-state index in [1.165, 1.54) is 30.6 Å². The Kier molecular flexibility index (Phi) is 7.87. The number of aliphatic hydroxyl groups is 1. The summed E-state index contributed by atoms with van der Waals surface area (Å²) >= 11 is 5.97. The highest BCUT2D eigenvalue weighted by molar-refractivity contribution is 7.89. The van der Waals surface area contributed by atoms with E-state index in [2.05, 4.69) is 20.0 Å². The summed E-state index contributed by atoms with van der Waals surface area (Å²) < 4.78 is 66.3. The summed E-state index contributed by atoms with van der Waals surface area (Å²) in [4.78, 5) is 20.5. The molecule has 0 saturated heterocycles. The van der Waals surface area contributed by atoms with Crippen LogP contribution in [0.4, 0.5) is 19.0 Å². The summed E-state index contributed by atoms with van der Waals surface area (Å²) in [5.41, 5.74) is -0.906. The normalized spacial score (nSPS) is 11.9. The van der Waals surface area contributed by atoms with Gasteiger partial charge in [-0.1, -0.05) is 17.7 Å². The zero-order valence-corrected chi connectivity index (χ0v) is 18.9. The van der Waals surface area contributed by atoms with E-state index in [4.69, 9.17) is 16.7 Å². The molecule has 0 atom stereocenters. The van der Waals surface area contributed by atoms with Gasteiger partial charge in [-0.05, 0) is 42.0 Å². The summed E-state index contributed by atoms with van der Waals surface area (Å²) in [5, 5.41) is 11.9. The van der Waals surface area contributed by atoms with Crippen molar-refractivity contribution in [1.82, 2.24) is 14.7 Å². The van der Waals surface area contributed by atoms with Gasteiger partial charge in [-0.15, -0.1) is 0 Å². The molecule has 0 fully saturated rings. The molecule has 2 aromatic heterocycles.